The number of carbonyl (C=O) groups is 1. The van der Waals surface area contributed by atoms with E-state index >= 15 is 0 Å². The van der Waals surface area contributed by atoms with Crippen LogP contribution < -0.4 is 10.6 Å². The Labute approximate surface area is 144 Å². The molecule has 124 valence electrons. The molecule has 3 aromatic carbocycles. The van der Waals surface area contributed by atoms with Crippen molar-refractivity contribution in [3.8, 4) is 0 Å². The number of non-ortho nitro benzene ring substituents is 1. The zero-order valence-electron chi connectivity index (χ0n) is 13.2. The third-order valence-corrected chi connectivity index (χ3v) is 3.55. The second-order valence-corrected chi connectivity index (χ2v) is 5.30. The molecule has 0 aliphatic heterocycles. The van der Waals surface area contributed by atoms with Gasteiger partial charge in [-0.05, 0) is 30.3 Å². The van der Waals surface area contributed by atoms with E-state index in [9.17, 15) is 14.9 Å². The average Bonchev–Trinajstić information content (AvgIpc) is 2.64. The van der Waals surface area contributed by atoms with Gasteiger partial charge < -0.3 is 10.6 Å². The summed E-state index contributed by atoms with van der Waals surface area (Å²) >= 11 is 0. The summed E-state index contributed by atoms with van der Waals surface area (Å²) in [5.41, 5.74) is 2.31. The first-order valence-corrected chi connectivity index (χ1v) is 7.60. The van der Waals surface area contributed by atoms with Crippen LogP contribution in [0.2, 0.25) is 0 Å². The maximum Gasteiger partial charge on any atom is 0.270 e. The molecule has 0 saturated heterocycles. The molecule has 3 aromatic rings. The third-order valence-electron chi connectivity index (χ3n) is 3.55. The Bertz CT molecular complexity index is 911. The van der Waals surface area contributed by atoms with Gasteiger partial charge >= 0.3 is 0 Å². The first kappa shape index (κ1) is 16.2. The minimum absolute atomic E-state index is 0.122. The highest BCUT2D eigenvalue weighted by Crippen LogP contribution is 2.26. The maximum atomic E-state index is 12.4. The van der Waals surface area contributed by atoms with Crippen LogP contribution in [0.3, 0.4) is 0 Å². The predicted molar refractivity (Wildman–Crippen MR) is 97.2 cm³/mol. The smallest absolute Gasteiger partial charge is 0.270 e. The molecule has 2 N–H and O–H groups in total. The van der Waals surface area contributed by atoms with Crippen LogP contribution >= 0.6 is 0 Å². The molecule has 0 unspecified atom stereocenters. The third kappa shape index (κ3) is 4.00. The minimum Gasteiger partial charge on any atom is -0.354 e. The molecule has 0 aromatic heterocycles. The van der Waals surface area contributed by atoms with Crippen molar-refractivity contribution in [2.24, 2.45) is 0 Å². The topological polar surface area (TPSA) is 84.3 Å². The molecule has 6 nitrogen and oxygen atoms in total. The van der Waals surface area contributed by atoms with Crippen molar-refractivity contribution in [2.75, 3.05) is 10.6 Å². The zero-order valence-corrected chi connectivity index (χ0v) is 13.2. The van der Waals surface area contributed by atoms with Gasteiger partial charge in [-0.25, -0.2) is 0 Å². The molecule has 0 bridgehead atoms. The Morgan fingerprint density at radius 3 is 2.24 bits per heavy atom. The van der Waals surface area contributed by atoms with Crippen LogP contribution in [0.1, 0.15) is 10.4 Å². The van der Waals surface area contributed by atoms with E-state index in [1.807, 2.05) is 42.5 Å². The maximum absolute atomic E-state index is 12.4. The van der Waals surface area contributed by atoms with Gasteiger partial charge in [-0.15, -0.1) is 0 Å². The quantitative estimate of drug-likeness (QED) is 0.528. The summed E-state index contributed by atoms with van der Waals surface area (Å²) < 4.78 is 0. The lowest BCUT2D eigenvalue weighted by molar-refractivity contribution is -0.384. The first-order chi connectivity index (χ1) is 12.1. The fraction of sp³-hybridized carbons (Fsp3) is 0. The number of hydrogen-bond donors (Lipinski definition) is 2. The van der Waals surface area contributed by atoms with Crippen LogP contribution in [0.25, 0.3) is 0 Å². The average molecular weight is 333 g/mol. The Kier molecular flexibility index (Phi) is 4.71. The van der Waals surface area contributed by atoms with Crippen LogP contribution in [0.5, 0.6) is 0 Å². The molecular weight excluding hydrogens is 318 g/mol. The fourth-order valence-electron chi connectivity index (χ4n) is 2.33. The summed E-state index contributed by atoms with van der Waals surface area (Å²) in [7, 11) is 0. The molecule has 0 aliphatic rings. The Balaban J connectivity index is 1.82. The molecule has 0 spiro atoms. The number of carbonyl (C=O) groups excluding carboxylic acids is 1. The molecule has 25 heavy (non-hydrogen) atoms. The SMILES string of the molecule is O=C(Nc1ccccc1Nc1ccccc1)c1cccc([N+](=O)[O-])c1. The van der Waals surface area contributed by atoms with Crippen molar-refractivity contribution in [1.29, 1.82) is 0 Å². The van der Waals surface area contributed by atoms with Gasteiger partial charge in [0.2, 0.25) is 0 Å². The van der Waals surface area contributed by atoms with Crippen LogP contribution in [0.4, 0.5) is 22.7 Å². The molecule has 0 heterocycles. The monoisotopic (exact) mass is 333 g/mol. The van der Waals surface area contributed by atoms with E-state index < -0.39 is 10.8 Å². The van der Waals surface area contributed by atoms with Gasteiger partial charge in [-0.3, -0.25) is 14.9 Å². The number of nitro benzene ring substituents is 1. The summed E-state index contributed by atoms with van der Waals surface area (Å²) in [5, 5.41) is 16.9. The summed E-state index contributed by atoms with van der Waals surface area (Å²) in [5.74, 6) is -0.411. The largest absolute Gasteiger partial charge is 0.354 e. The van der Waals surface area contributed by atoms with Gasteiger partial charge in [0, 0.05) is 23.4 Å². The number of para-hydroxylation sites is 3. The lowest BCUT2D eigenvalue weighted by Gasteiger charge is -2.13. The first-order valence-electron chi connectivity index (χ1n) is 7.60. The molecule has 0 fully saturated rings. The van der Waals surface area contributed by atoms with Gasteiger partial charge in [0.25, 0.3) is 11.6 Å². The number of anilines is 3. The van der Waals surface area contributed by atoms with E-state index in [4.69, 9.17) is 0 Å². The highest BCUT2D eigenvalue weighted by molar-refractivity contribution is 6.06. The summed E-state index contributed by atoms with van der Waals surface area (Å²) in [6.45, 7) is 0. The fourth-order valence-corrected chi connectivity index (χ4v) is 2.33. The minimum atomic E-state index is -0.526. The van der Waals surface area contributed by atoms with Crippen molar-refractivity contribution in [3.05, 3.63) is 94.5 Å². The van der Waals surface area contributed by atoms with E-state index in [1.165, 1.54) is 24.3 Å². The van der Waals surface area contributed by atoms with Crippen LogP contribution in [-0.2, 0) is 0 Å². The van der Waals surface area contributed by atoms with E-state index in [0.29, 0.717) is 5.69 Å². The lowest BCUT2D eigenvalue weighted by atomic mass is 10.1. The van der Waals surface area contributed by atoms with E-state index in [2.05, 4.69) is 10.6 Å². The number of nitrogens with zero attached hydrogens (tertiary/aromatic N) is 1. The van der Waals surface area contributed by atoms with Gasteiger partial charge in [-0.1, -0.05) is 36.4 Å². The summed E-state index contributed by atoms with van der Waals surface area (Å²) in [6.07, 6.45) is 0. The highest BCUT2D eigenvalue weighted by Gasteiger charge is 2.13. The normalized spacial score (nSPS) is 10.1. The van der Waals surface area contributed by atoms with Crippen molar-refractivity contribution < 1.29 is 9.72 Å². The molecule has 3 rings (SSSR count). The molecule has 0 atom stereocenters. The summed E-state index contributed by atoms with van der Waals surface area (Å²) in [6, 6.07) is 22.5. The van der Waals surface area contributed by atoms with E-state index in [1.54, 1.807) is 12.1 Å². The number of rotatable bonds is 5. The number of benzene rings is 3. The summed E-state index contributed by atoms with van der Waals surface area (Å²) in [4.78, 5) is 22.8. The van der Waals surface area contributed by atoms with Gasteiger partial charge in [0.15, 0.2) is 0 Å². The highest BCUT2D eigenvalue weighted by atomic mass is 16.6. The van der Waals surface area contributed by atoms with Crippen LogP contribution in [0, 0.1) is 10.1 Å². The predicted octanol–water partition coefficient (Wildman–Crippen LogP) is 4.59. The van der Waals surface area contributed by atoms with Crippen LogP contribution in [-0.4, -0.2) is 10.8 Å². The van der Waals surface area contributed by atoms with Crippen molar-refractivity contribution >= 4 is 28.7 Å². The van der Waals surface area contributed by atoms with Gasteiger partial charge in [-0.2, -0.15) is 0 Å². The Morgan fingerprint density at radius 1 is 0.840 bits per heavy atom. The van der Waals surface area contributed by atoms with Gasteiger partial charge in [0.1, 0.15) is 0 Å². The Morgan fingerprint density at radius 2 is 1.52 bits per heavy atom. The molecule has 6 heteroatoms. The standard InChI is InChI=1S/C19H15N3O3/c23-19(14-7-6-10-16(13-14)22(24)25)21-18-12-5-4-11-17(18)20-15-8-2-1-3-9-15/h1-13,20H,(H,21,23). The number of nitro groups is 1. The lowest BCUT2D eigenvalue weighted by Crippen LogP contribution is -2.13. The number of amides is 1. The molecule has 0 radical (unpaired) electrons. The molecule has 1 amide bonds. The van der Waals surface area contributed by atoms with Crippen molar-refractivity contribution in [3.63, 3.8) is 0 Å². The zero-order chi connectivity index (χ0) is 17.6. The van der Waals surface area contributed by atoms with E-state index in [0.717, 1.165) is 11.4 Å². The number of nitrogens with one attached hydrogen (secondary N) is 2. The Hall–Kier alpha value is -3.67. The second-order valence-electron chi connectivity index (χ2n) is 5.30. The second kappa shape index (κ2) is 7.27. The van der Waals surface area contributed by atoms with Crippen molar-refractivity contribution in [1.82, 2.24) is 0 Å². The van der Waals surface area contributed by atoms with E-state index in [-0.39, 0.29) is 11.3 Å². The van der Waals surface area contributed by atoms with Gasteiger partial charge in [0.05, 0.1) is 16.3 Å². The molecule has 0 aliphatic carbocycles. The molecule has 0 saturated carbocycles. The van der Waals surface area contributed by atoms with Crippen LogP contribution in [0.15, 0.2) is 78.9 Å². The molecular formula is C19H15N3O3. The number of hydrogen-bond acceptors (Lipinski definition) is 4. The van der Waals surface area contributed by atoms with Crippen molar-refractivity contribution in [2.45, 2.75) is 0 Å².